The van der Waals surface area contributed by atoms with Crippen LogP contribution in [0.4, 0.5) is 10.6 Å². The van der Waals surface area contributed by atoms with Crippen LogP contribution in [0.3, 0.4) is 0 Å². The van der Waals surface area contributed by atoms with Gasteiger partial charge in [0.1, 0.15) is 5.60 Å². The number of carbonyl (C=O) groups excluding carboxylic acids is 2. The fourth-order valence-corrected chi connectivity index (χ4v) is 3.95. The lowest BCUT2D eigenvalue weighted by Crippen LogP contribution is -2.28. The summed E-state index contributed by atoms with van der Waals surface area (Å²) in [4.78, 5) is 31.6. The zero-order chi connectivity index (χ0) is 26.0. The van der Waals surface area contributed by atoms with E-state index in [-0.39, 0.29) is 5.91 Å². The number of aromatic nitrogens is 4. The van der Waals surface area contributed by atoms with E-state index >= 15 is 0 Å². The molecule has 0 saturated carbocycles. The highest BCUT2D eigenvalue weighted by Crippen LogP contribution is 2.24. The van der Waals surface area contributed by atoms with Crippen LogP contribution >= 0.6 is 0 Å². The van der Waals surface area contributed by atoms with E-state index in [0.29, 0.717) is 29.9 Å². The second-order valence-corrected chi connectivity index (χ2v) is 9.69. The molecule has 0 aliphatic rings. The predicted octanol–water partition coefficient (Wildman–Crippen LogP) is 4.81. The van der Waals surface area contributed by atoms with Gasteiger partial charge < -0.3 is 19.5 Å². The van der Waals surface area contributed by atoms with Crippen LogP contribution in [-0.4, -0.2) is 55.4 Å². The van der Waals surface area contributed by atoms with Crippen molar-refractivity contribution in [2.75, 3.05) is 18.9 Å². The third kappa shape index (κ3) is 5.25. The summed E-state index contributed by atoms with van der Waals surface area (Å²) in [6.07, 6.45) is 4.25. The van der Waals surface area contributed by atoms with Gasteiger partial charge >= 0.3 is 6.09 Å². The Morgan fingerprint density at radius 2 is 1.94 bits per heavy atom. The third-order valence-electron chi connectivity index (χ3n) is 5.70. The fraction of sp³-hybridized carbons (Fsp3) is 0.333. The van der Waals surface area contributed by atoms with Crippen molar-refractivity contribution in [2.45, 2.75) is 39.8 Å². The quantitative estimate of drug-likeness (QED) is 0.392. The largest absolute Gasteiger partial charge is 0.442 e. The van der Waals surface area contributed by atoms with Crippen molar-refractivity contribution in [3.05, 3.63) is 59.9 Å². The van der Waals surface area contributed by atoms with E-state index in [0.717, 1.165) is 26.8 Å². The Hall–Kier alpha value is -4.14. The minimum Gasteiger partial charge on any atom is -0.442 e. The lowest BCUT2D eigenvalue weighted by Gasteiger charge is -2.18. The number of hydrogen-bond donors (Lipinski definition) is 1. The van der Waals surface area contributed by atoms with Crippen LogP contribution in [-0.2, 0) is 23.1 Å². The van der Waals surface area contributed by atoms with Gasteiger partial charge in [-0.15, -0.1) is 9.78 Å². The van der Waals surface area contributed by atoms with Crippen LogP contribution < -0.4 is 5.32 Å². The molecule has 3 aromatic heterocycles. The first-order chi connectivity index (χ1) is 17.1. The van der Waals surface area contributed by atoms with E-state index < -0.39 is 11.7 Å². The summed E-state index contributed by atoms with van der Waals surface area (Å²) in [5.74, 6) is 0.400. The van der Waals surface area contributed by atoms with Crippen molar-refractivity contribution in [1.82, 2.24) is 24.2 Å². The molecule has 3 heterocycles. The van der Waals surface area contributed by atoms with Crippen molar-refractivity contribution in [2.24, 2.45) is 7.05 Å². The number of benzene rings is 1. The number of rotatable bonds is 6. The summed E-state index contributed by atoms with van der Waals surface area (Å²) < 4.78 is 8.73. The Morgan fingerprint density at radius 3 is 2.64 bits per heavy atom. The number of anilines is 1. The molecule has 0 aliphatic carbocycles. The predicted molar refractivity (Wildman–Crippen MR) is 142 cm³/mol. The smallest absolute Gasteiger partial charge is 0.437 e. The minimum absolute atomic E-state index is 0.128. The molecule has 188 valence electrons. The molecule has 0 bridgehead atoms. The zero-order valence-electron chi connectivity index (χ0n) is 21.6. The molecule has 0 aliphatic heterocycles. The molecule has 0 radical (unpaired) electrons. The lowest BCUT2D eigenvalue weighted by molar-refractivity contribution is -0.125. The third-order valence-corrected chi connectivity index (χ3v) is 5.70. The van der Waals surface area contributed by atoms with Crippen molar-refractivity contribution in [3.63, 3.8) is 0 Å². The Balaban J connectivity index is 1.54. The van der Waals surface area contributed by atoms with E-state index in [9.17, 15) is 9.59 Å². The number of ether oxygens (including phenoxy) is 1. The monoisotopic (exact) mass is 488 g/mol. The molecular formula is C27H32N6O3. The topological polar surface area (TPSA) is 94.3 Å². The second-order valence-electron chi connectivity index (χ2n) is 9.69. The van der Waals surface area contributed by atoms with Gasteiger partial charge in [-0.05, 0) is 62.9 Å². The summed E-state index contributed by atoms with van der Waals surface area (Å²) in [7, 11) is 3.78. The van der Waals surface area contributed by atoms with Crippen LogP contribution in [0.1, 0.15) is 39.0 Å². The highest BCUT2D eigenvalue weighted by atomic mass is 16.6. The van der Waals surface area contributed by atoms with Crippen LogP contribution in [0.25, 0.3) is 28.0 Å². The first-order valence-corrected chi connectivity index (χ1v) is 11.9. The summed E-state index contributed by atoms with van der Waals surface area (Å²) >= 11 is 0. The van der Waals surface area contributed by atoms with Crippen molar-refractivity contribution < 1.29 is 14.3 Å². The molecule has 36 heavy (non-hydrogen) atoms. The Morgan fingerprint density at radius 1 is 1.19 bits per heavy atom. The summed E-state index contributed by atoms with van der Waals surface area (Å²) in [5, 5.41) is 9.34. The van der Waals surface area contributed by atoms with E-state index in [4.69, 9.17) is 4.74 Å². The first-order valence-electron chi connectivity index (χ1n) is 11.9. The number of amides is 1. The van der Waals surface area contributed by atoms with Gasteiger partial charge in [0.15, 0.2) is 11.5 Å². The maximum absolute atomic E-state index is 12.8. The van der Waals surface area contributed by atoms with Crippen molar-refractivity contribution >= 4 is 45.8 Å². The van der Waals surface area contributed by atoms with Crippen LogP contribution in [0.2, 0.25) is 0 Å². The number of hydrogen-bond acceptors (Lipinski definition) is 6. The standard InChI is InChI=1S/C27H32N6O3/c1-7-28-24-21-14-18(16-29-25(21)33(30-24)26(35)36-27(2,3)4)12-13-23(34)31(5)17-20-15-19-10-8-9-11-22(19)32(20)6/h8-16H,7,17H2,1-6H3,(H,28,30)/b13-12+. The molecule has 4 rings (SSSR count). The molecule has 1 amide bonds. The Kier molecular flexibility index (Phi) is 6.83. The van der Waals surface area contributed by atoms with E-state index in [1.807, 2.05) is 32.2 Å². The zero-order valence-corrected chi connectivity index (χ0v) is 21.6. The number of para-hydroxylation sites is 1. The summed E-state index contributed by atoms with van der Waals surface area (Å²) in [6, 6.07) is 12.1. The van der Waals surface area contributed by atoms with Gasteiger partial charge in [0.2, 0.25) is 5.91 Å². The average Bonchev–Trinajstić information content (AvgIpc) is 3.34. The van der Waals surface area contributed by atoms with Crippen molar-refractivity contribution in [3.8, 4) is 0 Å². The number of carbonyl (C=O) groups is 2. The number of fused-ring (bicyclic) bond motifs is 2. The Bertz CT molecular complexity index is 1460. The van der Waals surface area contributed by atoms with Crippen LogP contribution in [0, 0.1) is 0 Å². The molecule has 0 saturated heterocycles. The second kappa shape index (κ2) is 9.85. The average molecular weight is 489 g/mol. The van der Waals surface area contributed by atoms with E-state index in [2.05, 4.69) is 38.2 Å². The Labute approximate surface area is 210 Å². The van der Waals surface area contributed by atoms with Gasteiger partial charge in [0.25, 0.3) is 0 Å². The molecule has 1 N–H and O–H groups in total. The maximum Gasteiger partial charge on any atom is 0.437 e. The maximum atomic E-state index is 12.8. The van der Waals surface area contributed by atoms with Crippen molar-refractivity contribution in [1.29, 1.82) is 0 Å². The van der Waals surface area contributed by atoms with Crippen LogP contribution in [0.15, 0.2) is 48.7 Å². The summed E-state index contributed by atoms with van der Waals surface area (Å²) in [6.45, 7) is 8.45. The van der Waals surface area contributed by atoms with E-state index in [1.54, 1.807) is 45.0 Å². The minimum atomic E-state index is -0.658. The van der Waals surface area contributed by atoms with Gasteiger partial charge in [-0.3, -0.25) is 4.79 Å². The molecule has 1 aromatic carbocycles. The highest BCUT2D eigenvalue weighted by Gasteiger charge is 2.23. The number of likely N-dealkylation sites (N-methyl/N-ethyl adjacent to an activating group) is 1. The molecule has 9 heteroatoms. The van der Waals surface area contributed by atoms with Gasteiger partial charge in [-0.2, -0.15) is 0 Å². The molecule has 0 atom stereocenters. The molecule has 0 spiro atoms. The lowest BCUT2D eigenvalue weighted by atomic mass is 10.2. The highest BCUT2D eigenvalue weighted by molar-refractivity contribution is 5.96. The molecule has 4 aromatic rings. The van der Waals surface area contributed by atoms with E-state index in [1.165, 1.54) is 6.08 Å². The number of aryl methyl sites for hydroxylation is 1. The van der Waals surface area contributed by atoms with Crippen LogP contribution in [0.5, 0.6) is 0 Å². The molecular weight excluding hydrogens is 456 g/mol. The number of pyridine rings is 1. The van der Waals surface area contributed by atoms with Gasteiger partial charge in [0.05, 0.1) is 11.9 Å². The molecule has 0 fully saturated rings. The molecule has 9 nitrogen and oxygen atoms in total. The molecule has 0 unspecified atom stereocenters. The van der Waals surface area contributed by atoms with Gasteiger partial charge in [0, 0.05) is 44.1 Å². The van der Waals surface area contributed by atoms with Gasteiger partial charge in [-0.1, -0.05) is 18.2 Å². The van der Waals surface area contributed by atoms with Gasteiger partial charge in [-0.25, -0.2) is 9.78 Å². The summed E-state index contributed by atoms with van der Waals surface area (Å²) in [5.41, 5.74) is 2.63. The normalized spacial score (nSPS) is 11.9. The fourth-order valence-electron chi connectivity index (χ4n) is 3.95. The number of nitrogens with zero attached hydrogens (tertiary/aromatic N) is 5. The SMILES string of the molecule is CCNc1nn(C(=O)OC(C)(C)C)c2ncc(/C=C/C(=O)N(C)Cc3cc4ccccc4n3C)cc12. The number of nitrogens with one attached hydrogen (secondary N) is 1. The first kappa shape index (κ1) is 25.0.